The third-order valence-corrected chi connectivity index (χ3v) is 2.23. The van der Waals surface area contributed by atoms with E-state index in [1.807, 2.05) is 0 Å². The van der Waals surface area contributed by atoms with E-state index in [0.29, 0.717) is 0 Å². The summed E-state index contributed by atoms with van der Waals surface area (Å²) in [4.78, 5) is 0. The summed E-state index contributed by atoms with van der Waals surface area (Å²) in [5.74, 6) is -12.8. The number of hydrogen-bond donors (Lipinski definition) is 1. The molecule has 0 aromatic heterocycles. The molecule has 15 heavy (non-hydrogen) atoms. The van der Waals surface area contributed by atoms with Crippen molar-refractivity contribution in [3.8, 4) is 0 Å². The van der Waals surface area contributed by atoms with Gasteiger partial charge in [-0.15, -0.1) is 0 Å². The second-order valence-electron chi connectivity index (χ2n) is 3.17. The van der Waals surface area contributed by atoms with Crippen molar-refractivity contribution < 1.29 is 36.3 Å². The highest BCUT2D eigenvalue weighted by molar-refractivity contribution is 6.35. The zero-order valence-corrected chi connectivity index (χ0v) is 6.96. The Morgan fingerprint density at radius 3 is 2.40 bits per heavy atom. The number of alkyl halides is 5. The minimum Gasteiger partial charge on any atom is -0.401 e. The highest BCUT2D eigenvalue weighted by atomic mass is 19.3. The number of hydrogen-bond acceptors (Lipinski definition) is 3. The molecule has 2 aliphatic rings. The van der Waals surface area contributed by atoms with Crippen LogP contribution in [0, 0.1) is 0 Å². The Morgan fingerprint density at radius 2 is 1.80 bits per heavy atom. The number of halogens is 5. The van der Waals surface area contributed by atoms with Gasteiger partial charge in [0.2, 0.25) is 0 Å². The fourth-order valence-electron chi connectivity index (χ4n) is 1.42. The number of fused-ring (bicyclic) bond motifs is 1. The van der Waals surface area contributed by atoms with Gasteiger partial charge in [-0.3, -0.25) is 0 Å². The van der Waals surface area contributed by atoms with Gasteiger partial charge in [0.25, 0.3) is 5.85 Å². The summed E-state index contributed by atoms with van der Waals surface area (Å²) in [7, 11) is -2.51. The first-order chi connectivity index (χ1) is 6.73. The Bertz CT molecular complexity index is 326. The first-order valence-corrected chi connectivity index (χ1v) is 3.86. The first-order valence-electron chi connectivity index (χ1n) is 3.86. The lowest BCUT2D eigenvalue weighted by molar-refractivity contribution is -0.316. The summed E-state index contributed by atoms with van der Waals surface area (Å²) in [5.41, 5.74) is 0. The van der Waals surface area contributed by atoms with Gasteiger partial charge in [-0.1, -0.05) is 0 Å². The SMILES string of the molecule is OB1OC2(F)C=CC(F)C(F)(F)C2(F)O1. The smallest absolute Gasteiger partial charge is 0.401 e. The zero-order valence-electron chi connectivity index (χ0n) is 6.96. The van der Waals surface area contributed by atoms with Crippen molar-refractivity contribution in [2.75, 3.05) is 0 Å². The van der Waals surface area contributed by atoms with Crippen LogP contribution in [0.1, 0.15) is 0 Å². The van der Waals surface area contributed by atoms with Gasteiger partial charge in [-0.2, -0.15) is 13.2 Å². The Hall–Kier alpha value is -0.665. The second kappa shape index (κ2) is 2.72. The molecule has 0 aromatic rings. The van der Waals surface area contributed by atoms with Gasteiger partial charge < -0.3 is 14.3 Å². The van der Waals surface area contributed by atoms with Gasteiger partial charge in [0.1, 0.15) is 0 Å². The molecule has 3 atom stereocenters. The second-order valence-corrected chi connectivity index (χ2v) is 3.17. The maximum Gasteiger partial charge on any atom is 0.642 e. The van der Waals surface area contributed by atoms with Gasteiger partial charge in [0.05, 0.1) is 0 Å². The van der Waals surface area contributed by atoms with E-state index in [-0.39, 0.29) is 12.2 Å². The summed E-state index contributed by atoms with van der Waals surface area (Å²) >= 11 is 0. The van der Waals surface area contributed by atoms with Crippen LogP contribution in [-0.4, -0.2) is 36.1 Å². The van der Waals surface area contributed by atoms with Crippen molar-refractivity contribution in [3.63, 3.8) is 0 Å². The van der Waals surface area contributed by atoms with Gasteiger partial charge in [0.15, 0.2) is 6.17 Å². The van der Waals surface area contributed by atoms with Gasteiger partial charge in [0, 0.05) is 0 Å². The van der Waals surface area contributed by atoms with E-state index >= 15 is 0 Å². The van der Waals surface area contributed by atoms with Crippen molar-refractivity contribution in [1.29, 1.82) is 0 Å². The minimum atomic E-state index is -4.78. The summed E-state index contributed by atoms with van der Waals surface area (Å²) in [6, 6.07) is 0. The van der Waals surface area contributed by atoms with E-state index in [9.17, 15) is 22.0 Å². The van der Waals surface area contributed by atoms with Crippen LogP contribution >= 0.6 is 0 Å². The molecule has 0 amide bonds. The van der Waals surface area contributed by atoms with Crippen LogP contribution in [0.25, 0.3) is 0 Å². The number of rotatable bonds is 0. The van der Waals surface area contributed by atoms with Crippen molar-refractivity contribution >= 4 is 7.32 Å². The predicted octanol–water partition coefficient (Wildman–Crippen LogP) is 0.885. The van der Waals surface area contributed by atoms with E-state index in [2.05, 4.69) is 9.31 Å². The quantitative estimate of drug-likeness (QED) is 0.381. The highest BCUT2D eigenvalue weighted by Crippen LogP contribution is 2.54. The predicted molar refractivity (Wildman–Crippen MR) is 36.8 cm³/mol. The number of allylic oxidation sites excluding steroid dienone is 1. The molecule has 0 spiro atoms. The Kier molecular flexibility index (Phi) is 1.96. The Morgan fingerprint density at radius 1 is 1.20 bits per heavy atom. The standard InChI is InChI=1S/C6H4BF5O3/c8-3-1-2-4(9)6(12,5(3,10)11)15-7(13)14-4/h1-3,13H. The third kappa shape index (κ3) is 1.11. The molecule has 0 saturated carbocycles. The van der Waals surface area contributed by atoms with E-state index in [4.69, 9.17) is 5.02 Å². The fraction of sp³-hybridized carbons (Fsp3) is 0.667. The monoisotopic (exact) mass is 230 g/mol. The van der Waals surface area contributed by atoms with Crippen LogP contribution in [-0.2, 0) is 9.31 Å². The molecule has 0 bridgehead atoms. The average Bonchev–Trinajstić information content (AvgIpc) is 2.34. The third-order valence-electron chi connectivity index (χ3n) is 2.23. The molecule has 84 valence electrons. The minimum absolute atomic E-state index is 0.110. The lowest BCUT2D eigenvalue weighted by atomic mass is 9.92. The molecule has 1 aliphatic carbocycles. The van der Waals surface area contributed by atoms with Crippen LogP contribution in [0.15, 0.2) is 12.2 Å². The first kappa shape index (κ1) is 10.8. The van der Waals surface area contributed by atoms with Gasteiger partial charge in [-0.25, -0.2) is 8.78 Å². The molecule has 3 nitrogen and oxygen atoms in total. The average molecular weight is 230 g/mol. The van der Waals surface area contributed by atoms with Gasteiger partial charge in [-0.05, 0) is 12.2 Å². The summed E-state index contributed by atoms with van der Waals surface area (Å²) < 4.78 is 73.0. The highest BCUT2D eigenvalue weighted by Gasteiger charge is 2.80. The molecule has 1 saturated heterocycles. The van der Waals surface area contributed by atoms with Crippen LogP contribution < -0.4 is 0 Å². The maximum atomic E-state index is 13.5. The van der Waals surface area contributed by atoms with Crippen LogP contribution in [0.3, 0.4) is 0 Å². The van der Waals surface area contributed by atoms with Crippen molar-refractivity contribution in [1.82, 2.24) is 0 Å². The van der Waals surface area contributed by atoms with E-state index < -0.39 is 31.1 Å². The molecule has 2 rings (SSSR count). The molecule has 1 heterocycles. The lowest BCUT2D eigenvalue weighted by Crippen LogP contribution is -2.62. The Balaban J connectivity index is 2.52. The van der Waals surface area contributed by atoms with Crippen molar-refractivity contribution in [2.45, 2.75) is 23.8 Å². The normalized spacial score (nSPS) is 48.1. The molecule has 1 aliphatic heterocycles. The summed E-state index contributed by atoms with van der Waals surface area (Å²) in [6.45, 7) is 0. The topological polar surface area (TPSA) is 38.7 Å². The van der Waals surface area contributed by atoms with Crippen LogP contribution in [0.2, 0.25) is 0 Å². The zero-order chi connectivity index (χ0) is 11.5. The van der Waals surface area contributed by atoms with E-state index in [1.165, 1.54) is 0 Å². The van der Waals surface area contributed by atoms with Crippen LogP contribution in [0.5, 0.6) is 0 Å². The largest absolute Gasteiger partial charge is 0.642 e. The van der Waals surface area contributed by atoms with Gasteiger partial charge >= 0.3 is 19.1 Å². The molecular formula is C6H4BF5O3. The summed E-state index contributed by atoms with van der Waals surface area (Å²) in [6.07, 6.45) is -2.83. The van der Waals surface area contributed by atoms with Crippen LogP contribution in [0.4, 0.5) is 22.0 Å². The molecule has 1 fully saturated rings. The maximum absolute atomic E-state index is 13.5. The van der Waals surface area contributed by atoms with Crippen molar-refractivity contribution in [3.05, 3.63) is 12.2 Å². The van der Waals surface area contributed by atoms with E-state index in [0.717, 1.165) is 0 Å². The lowest BCUT2D eigenvalue weighted by Gasteiger charge is -2.38. The van der Waals surface area contributed by atoms with Crippen molar-refractivity contribution in [2.24, 2.45) is 0 Å². The molecule has 0 aromatic carbocycles. The molecule has 1 N–H and O–H groups in total. The Labute approximate surface area is 80.6 Å². The van der Waals surface area contributed by atoms with E-state index in [1.54, 1.807) is 0 Å². The summed E-state index contributed by atoms with van der Waals surface area (Å²) in [5, 5.41) is 8.59. The molecule has 3 unspecified atom stereocenters. The molecule has 9 heteroatoms. The molecule has 0 radical (unpaired) electrons. The molecular weight excluding hydrogens is 226 g/mol. The fourth-order valence-corrected chi connectivity index (χ4v) is 1.42.